The van der Waals surface area contributed by atoms with Gasteiger partial charge in [0.25, 0.3) is 10.0 Å². The molecule has 2 aromatic carbocycles. The molecular weight excluding hydrogens is 396 g/mol. The fourth-order valence-electron chi connectivity index (χ4n) is 2.18. The Balaban J connectivity index is 2.27. The Labute approximate surface area is 159 Å². The minimum absolute atomic E-state index is 0.0705. The van der Waals surface area contributed by atoms with Crippen molar-refractivity contribution in [2.24, 2.45) is 5.10 Å². The van der Waals surface area contributed by atoms with E-state index in [1.165, 1.54) is 26.4 Å². The Morgan fingerprint density at radius 3 is 2.11 bits per heavy atom. The van der Waals surface area contributed by atoms with Gasteiger partial charge in [-0.3, -0.25) is 0 Å². The molecule has 2 aromatic rings. The summed E-state index contributed by atoms with van der Waals surface area (Å²) in [6, 6.07) is 7.05. The molecule has 28 heavy (non-hydrogen) atoms. The topological polar surface area (TPSA) is 172 Å². The van der Waals surface area contributed by atoms with Crippen molar-refractivity contribution >= 4 is 27.6 Å². The summed E-state index contributed by atoms with van der Waals surface area (Å²) in [5, 5.41) is 41.5. The zero-order valence-corrected chi connectivity index (χ0v) is 15.6. The van der Waals surface area contributed by atoms with Gasteiger partial charge >= 0.3 is 0 Å². The number of ether oxygens (including phenoxy) is 2. The van der Waals surface area contributed by atoms with Crippen LogP contribution in [0.3, 0.4) is 0 Å². The van der Waals surface area contributed by atoms with Crippen LogP contribution in [0, 0.1) is 10.4 Å². The van der Waals surface area contributed by atoms with Crippen LogP contribution in [0.1, 0.15) is 5.56 Å². The van der Waals surface area contributed by atoms with E-state index in [1.54, 1.807) is 0 Å². The minimum atomic E-state index is -4.08. The van der Waals surface area contributed by atoms with Crippen molar-refractivity contribution in [2.75, 3.05) is 14.2 Å². The zero-order valence-electron chi connectivity index (χ0n) is 14.7. The summed E-state index contributed by atoms with van der Waals surface area (Å²) in [4.78, 5) is 1.73. The van der Waals surface area contributed by atoms with E-state index >= 15 is 0 Å². The molecule has 2 atom stereocenters. The largest absolute Gasteiger partial charge is 0.595 e. The van der Waals surface area contributed by atoms with Gasteiger partial charge in [0.1, 0.15) is 0 Å². The second-order valence-electron chi connectivity index (χ2n) is 5.28. The molecule has 12 nitrogen and oxygen atoms in total. The molecule has 0 aliphatic rings. The average Bonchev–Trinajstić information content (AvgIpc) is 2.67. The molecule has 0 radical (unpaired) electrons. The predicted octanol–water partition coefficient (Wildman–Crippen LogP) is -1.18. The van der Waals surface area contributed by atoms with Crippen molar-refractivity contribution in [2.45, 2.75) is 4.90 Å². The summed E-state index contributed by atoms with van der Waals surface area (Å²) in [6.45, 7) is 0. The first-order valence-electron chi connectivity index (χ1n) is 7.57. The third-order valence-corrected chi connectivity index (χ3v) is 4.81. The number of quaternary nitrogens is 2. The molecule has 0 spiro atoms. The van der Waals surface area contributed by atoms with Crippen LogP contribution in [-0.2, 0) is 10.0 Å². The molecule has 13 heteroatoms. The fraction of sp³-hybridized carbons (Fsp3) is 0.133. The number of hydrazone groups is 1. The molecule has 0 bridgehead atoms. The highest BCUT2D eigenvalue weighted by Gasteiger charge is 2.16. The number of methoxy groups -OCH3 is 2. The van der Waals surface area contributed by atoms with Crippen LogP contribution in [0.2, 0.25) is 0 Å². The van der Waals surface area contributed by atoms with Crippen molar-refractivity contribution < 1.29 is 38.8 Å². The van der Waals surface area contributed by atoms with Gasteiger partial charge in [-0.15, -0.1) is 0 Å². The molecule has 0 aliphatic carbocycles. The van der Waals surface area contributed by atoms with Crippen molar-refractivity contribution in [3.63, 3.8) is 0 Å². The quantitative estimate of drug-likeness (QED) is 0.265. The maximum atomic E-state index is 12.2. The number of hydrogen-bond donors (Lipinski definition) is 5. The Morgan fingerprint density at radius 2 is 1.61 bits per heavy atom. The SMILES string of the molecule is COc1cc(/C=N\NS(=O)(=O)c2ccc([NH+]([O-])O)cc2)c([NH+]([O-])O)cc1OC. The van der Waals surface area contributed by atoms with E-state index in [-0.39, 0.29) is 33.3 Å². The monoisotopic (exact) mass is 414 g/mol. The first-order chi connectivity index (χ1) is 13.2. The third kappa shape index (κ3) is 4.93. The highest BCUT2D eigenvalue weighted by Crippen LogP contribution is 2.31. The molecule has 2 unspecified atom stereocenters. The maximum absolute atomic E-state index is 12.2. The second kappa shape index (κ2) is 8.94. The highest BCUT2D eigenvalue weighted by atomic mass is 32.2. The summed E-state index contributed by atoms with van der Waals surface area (Å²) >= 11 is 0. The van der Waals surface area contributed by atoms with E-state index in [1.807, 2.05) is 4.83 Å². The highest BCUT2D eigenvalue weighted by molar-refractivity contribution is 7.89. The third-order valence-electron chi connectivity index (χ3n) is 3.57. The van der Waals surface area contributed by atoms with Gasteiger partial charge in [0.15, 0.2) is 22.9 Å². The Hall–Kier alpha value is -2.78. The van der Waals surface area contributed by atoms with Gasteiger partial charge in [-0.25, -0.2) is 15.2 Å². The molecule has 0 amide bonds. The van der Waals surface area contributed by atoms with Crippen LogP contribution < -0.4 is 24.8 Å². The van der Waals surface area contributed by atoms with Crippen LogP contribution in [0.5, 0.6) is 11.5 Å². The second-order valence-corrected chi connectivity index (χ2v) is 6.94. The van der Waals surface area contributed by atoms with Crippen LogP contribution in [-0.4, -0.2) is 39.3 Å². The normalized spacial score (nSPS) is 13.9. The lowest BCUT2D eigenvalue weighted by molar-refractivity contribution is -0.991. The molecule has 0 saturated heterocycles. The molecule has 2 rings (SSSR count). The lowest BCUT2D eigenvalue weighted by atomic mass is 10.1. The number of benzene rings is 2. The predicted molar refractivity (Wildman–Crippen MR) is 95.5 cm³/mol. The van der Waals surface area contributed by atoms with Crippen molar-refractivity contribution in [1.82, 2.24) is 4.83 Å². The average molecular weight is 414 g/mol. The summed E-state index contributed by atoms with van der Waals surface area (Å²) in [7, 11) is -1.37. The van der Waals surface area contributed by atoms with Gasteiger partial charge in [0.05, 0.1) is 30.9 Å². The van der Waals surface area contributed by atoms with Crippen molar-refractivity contribution in [3.05, 3.63) is 52.4 Å². The van der Waals surface area contributed by atoms with E-state index in [0.29, 0.717) is 0 Å². The lowest BCUT2D eigenvalue weighted by Gasteiger charge is -2.16. The fourth-order valence-corrected chi connectivity index (χ4v) is 2.97. The van der Waals surface area contributed by atoms with Crippen molar-refractivity contribution in [3.8, 4) is 11.5 Å². The number of hydrogen-bond acceptors (Lipinski definition) is 9. The molecule has 0 aromatic heterocycles. The van der Waals surface area contributed by atoms with E-state index in [9.17, 15) is 24.0 Å². The van der Waals surface area contributed by atoms with E-state index in [4.69, 9.17) is 14.7 Å². The summed E-state index contributed by atoms with van der Waals surface area (Å²) in [6.07, 6.45) is 1.01. The zero-order chi connectivity index (χ0) is 20.9. The molecule has 0 heterocycles. The van der Waals surface area contributed by atoms with Gasteiger partial charge in [-0.2, -0.15) is 24.0 Å². The summed E-state index contributed by atoms with van der Waals surface area (Å²) in [5.74, 6) is 0.428. The van der Waals surface area contributed by atoms with Crippen molar-refractivity contribution in [1.29, 1.82) is 0 Å². The first-order valence-corrected chi connectivity index (χ1v) is 9.05. The van der Waals surface area contributed by atoms with Gasteiger partial charge in [0, 0.05) is 18.2 Å². The van der Waals surface area contributed by atoms with E-state index in [2.05, 4.69) is 5.10 Å². The Morgan fingerprint density at radius 1 is 1.04 bits per heavy atom. The van der Waals surface area contributed by atoms with Crippen LogP contribution in [0.15, 0.2) is 46.4 Å². The maximum Gasteiger partial charge on any atom is 0.276 e. The first kappa shape index (κ1) is 21.5. The minimum Gasteiger partial charge on any atom is -0.595 e. The number of nitrogens with one attached hydrogen (secondary N) is 3. The van der Waals surface area contributed by atoms with Gasteiger partial charge in [0.2, 0.25) is 0 Å². The molecular formula is C15H18N4O8S. The molecule has 5 N–H and O–H groups in total. The summed E-state index contributed by atoms with van der Waals surface area (Å²) < 4.78 is 34.6. The van der Waals surface area contributed by atoms with Crippen LogP contribution in [0.25, 0.3) is 0 Å². The Bertz CT molecular complexity index is 945. The van der Waals surface area contributed by atoms with Crippen LogP contribution >= 0.6 is 0 Å². The standard InChI is InChI=1S/C15H18N4O8S/c1-26-14-7-10(13(19(22)23)8-15(14)27-2)9-16-17-28(24,25)12-5-3-11(4-6-12)18(20)21/h3-9,17-20,22H,1-2H3/b16-9-. The van der Waals surface area contributed by atoms with Gasteiger partial charge < -0.3 is 19.9 Å². The molecule has 0 aliphatic heterocycles. The smallest absolute Gasteiger partial charge is 0.276 e. The molecule has 152 valence electrons. The number of nitrogens with zero attached hydrogens (tertiary/aromatic N) is 1. The molecule has 0 saturated carbocycles. The van der Waals surface area contributed by atoms with E-state index in [0.717, 1.165) is 30.5 Å². The van der Waals surface area contributed by atoms with Gasteiger partial charge in [-0.05, 0) is 18.2 Å². The lowest BCUT2D eigenvalue weighted by Crippen LogP contribution is -2.99. The number of sulfonamides is 1. The Kier molecular flexibility index (Phi) is 6.87. The van der Waals surface area contributed by atoms with Crippen LogP contribution in [0.4, 0.5) is 11.4 Å². The summed E-state index contributed by atoms with van der Waals surface area (Å²) in [5.41, 5.74) is -0.167. The van der Waals surface area contributed by atoms with E-state index < -0.39 is 20.5 Å². The van der Waals surface area contributed by atoms with Gasteiger partial charge in [-0.1, -0.05) is 0 Å². The molecule has 0 fully saturated rings. The number of rotatable bonds is 8.